The van der Waals surface area contributed by atoms with E-state index in [0.29, 0.717) is 0 Å². The van der Waals surface area contributed by atoms with Gasteiger partial charge in [0.15, 0.2) is 5.60 Å². The van der Waals surface area contributed by atoms with E-state index in [2.05, 4.69) is 24.3 Å². The third-order valence-electron chi connectivity index (χ3n) is 6.69. The Bertz CT molecular complexity index is 1050. The first kappa shape index (κ1) is 24.0. The van der Waals surface area contributed by atoms with Gasteiger partial charge in [0.1, 0.15) is 6.10 Å². The van der Waals surface area contributed by atoms with Gasteiger partial charge in [0, 0.05) is 12.3 Å². The lowest BCUT2D eigenvalue weighted by atomic mass is 9.81. The van der Waals surface area contributed by atoms with Gasteiger partial charge in [0.2, 0.25) is 0 Å². The van der Waals surface area contributed by atoms with Crippen LogP contribution in [0.1, 0.15) is 54.7 Å². The highest BCUT2D eigenvalue weighted by Gasteiger charge is 2.39. The second kappa shape index (κ2) is 11.8. The van der Waals surface area contributed by atoms with Gasteiger partial charge in [-0.1, -0.05) is 103 Å². The molecule has 0 saturated heterocycles. The van der Waals surface area contributed by atoms with Gasteiger partial charge in [0.25, 0.3) is 0 Å². The number of ether oxygens (including phenoxy) is 1. The van der Waals surface area contributed by atoms with Crippen LogP contribution in [0, 0.1) is 0 Å². The zero-order valence-corrected chi connectivity index (χ0v) is 19.7. The van der Waals surface area contributed by atoms with Crippen LogP contribution in [0.5, 0.6) is 0 Å². The summed E-state index contributed by atoms with van der Waals surface area (Å²) in [6.07, 6.45) is 9.10. The molecule has 1 aliphatic carbocycles. The number of esters is 1. The molecule has 3 aromatic carbocycles. The van der Waals surface area contributed by atoms with Crippen LogP contribution in [0.2, 0.25) is 0 Å². The van der Waals surface area contributed by atoms with Crippen molar-refractivity contribution in [3.63, 3.8) is 0 Å². The van der Waals surface area contributed by atoms with Crippen LogP contribution in [0.25, 0.3) is 0 Å². The predicted molar refractivity (Wildman–Crippen MR) is 137 cm³/mol. The van der Waals surface area contributed by atoms with Crippen molar-refractivity contribution in [2.45, 2.75) is 62.6 Å². The highest BCUT2D eigenvalue weighted by atomic mass is 16.6. The van der Waals surface area contributed by atoms with Crippen molar-refractivity contribution in [1.29, 1.82) is 0 Å². The molecule has 1 saturated carbocycles. The lowest BCUT2D eigenvalue weighted by molar-refractivity contribution is -0.168. The van der Waals surface area contributed by atoms with E-state index in [0.717, 1.165) is 44.1 Å². The number of aliphatic hydroxyl groups is 1. The number of rotatable bonds is 9. The van der Waals surface area contributed by atoms with Gasteiger partial charge in [-0.2, -0.15) is 0 Å². The van der Waals surface area contributed by atoms with Crippen LogP contribution in [0.3, 0.4) is 0 Å². The summed E-state index contributed by atoms with van der Waals surface area (Å²) in [4.78, 5) is 13.5. The Labute approximate surface area is 203 Å². The molecule has 3 aromatic rings. The maximum absolute atomic E-state index is 13.5. The summed E-state index contributed by atoms with van der Waals surface area (Å²) in [5, 5.41) is 11.6. The standard InChI is InChI=1S/C31H34O3/c32-30(34-29-22-11-10-21-28(29)27-19-8-3-9-20-27)31(33,24-26-17-6-2-7-18-26)23-13-12-16-25-14-4-1-5-15-25/h1-9,13-15,17-20,23,28-29,33H,10-12,16,21-22,24H2/t28-,29+,31-/m0/s1. The first-order valence-electron chi connectivity index (χ1n) is 12.4. The molecule has 0 unspecified atom stereocenters. The van der Waals surface area contributed by atoms with Crippen molar-refractivity contribution < 1.29 is 14.6 Å². The average molecular weight is 455 g/mol. The Balaban J connectivity index is 1.49. The van der Waals surface area contributed by atoms with Crippen LogP contribution in [-0.2, 0) is 22.4 Å². The second-order valence-corrected chi connectivity index (χ2v) is 9.26. The molecule has 1 aliphatic rings. The van der Waals surface area contributed by atoms with Gasteiger partial charge in [-0.05, 0) is 54.9 Å². The SMILES string of the molecule is O=C(O[C@@H]1CCCC[C@H]1c1ccccc1)[C@](O)(C=CCCc1ccccc1)Cc1ccccc1. The molecular weight excluding hydrogens is 420 g/mol. The summed E-state index contributed by atoms with van der Waals surface area (Å²) in [5.41, 5.74) is 1.63. The number of carbonyl (C=O) groups is 1. The van der Waals surface area contributed by atoms with Crippen molar-refractivity contribution in [2.24, 2.45) is 0 Å². The number of allylic oxidation sites excluding steroid dienone is 1. The zero-order chi connectivity index (χ0) is 23.6. The van der Waals surface area contributed by atoms with Gasteiger partial charge >= 0.3 is 5.97 Å². The van der Waals surface area contributed by atoms with E-state index in [9.17, 15) is 9.90 Å². The van der Waals surface area contributed by atoms with Gasteiger partial charge in [-0.15, -0.1) is 0 Å². The fourth-order valence-corrected chi connectivity index (χ4v) is 4.84. The predicted octanol–water partition coefficient (Wildman–Crippen LogP) is 6.42. The summed E-state index contributed by atoms with van der Waals surface area (Å²) in [5.74, 6) is -0.387. The van der Waals surface area contributed by atoms with Crippen LogP contribution < -0.4 is 0 Å². The molecule has 3 nitrogen and oxygen atoms in total. The Hall–Kier alpha value is -3.17. The summed E-state index contributed by atoms with van der Waals surface area (Å²) in [6, 6.07) is 30.2. The molecule has 0 heterocycles. The summed E-state index contributed by atoms with van der Waals surface area (Å²) in [7, 11) is 0. The lowest BCUT2D eigenvalue weighted by Crippen LogP contribution is -2.43. The maximum atomic E-state index is 13.5. The van der Waals surface area contributed by atoms with Gasteiger partial charge in [-0.25, -0.2) is 4.79 Å². The highest BCUT2D eigenvalue weighted by molar-refractivity contribution is 5.82. The minimum atomic E-state index is -1.70. The van der Waals surface area contributed by atoms with Crippen LogP contribution in [0.4, 0.5) is 0 Å². The zero-order valence-electron chi connectivity index (χ0n) is 19.7. The van der Waals surface area contributed by atoms with E-state index in [-0.39, 0.29) is 18.4 Å². The summed E-state index contributed by atoms with van der Waals surface area (Å²) in [6.45, 7) is 0. The molecule has 0 amide bonds. The summed E-state index contributed by atoms with van der Waals surface area (Å²) >= 11 is 0. The monoisotopic (exact) mass is 454 g/mol. The quantitative estimate of drug-likeness (QED) is 0.300. The molecule has 0 bridgehead atoms. The van der Waals surface area contributed by atoms with Crippen LogP contribution in [0.15, 0.2) is 103 Å². The number of hydrogen-bond acceptors (Lipinski definition) is 3. The molecule has 34 heavy (non-hydrogen) atoms. The van der Waals surface area contributed by atoms with Gasteiger partial charge < -0.3 is 9.84 Å². The largest absolute Gasteiger partial charge is 0.459 e. The van der Waals surface area contributed by atoms with E-state index in [1.165, 1.54) is 11.1 Å². The van der Waals surface area contributed by atoms with Crippen molar-refractivity contribution in [1.82, 2.24) is 0 Å². The van der Waals surface area contributed by atoms with E-state index in [4.69, 9.17) is 4.74 Å². The Kier molecular flexibility index (Phi) is 8.32. The topological polar surface area (TPSA) is 46.5 Å². The van der Waals surface area contributed by atoms with E-state index in [1.54, 1.807) is 6.08 Å². The number of hydrogen-bond donors (Lipinski definition) is 1. The fourth-order valence-electron chi connectivity index (χ4n) is 4.84. The molecule has 3 atom stereocenters. The minimum absolute atomic E-state index is 0.168. The van der Waals surface area contributed by atoms with Gasteiger partial charge in [0.05, 0.1) is 0 Å². The van der Waals surface area contributed by atoms with Crippen LogP contribution in [-0.4, -0.2) is 22.8 Å². The molecule has 1 fully saturated rings. The number of aryl methyl sites for hydroxylation is 1. The molecule has 0 aliphatic heterocycles. The Morgan fingerprint density at radius 2 is 1.44 bits per heavy atom. The Morgan fingerprint density at radius 3 is 2.12 bits per heavy atom. The molecule has 1 N–H and O–H groups in total. The van der Waals surface area contributed by atoms with E-state index in [1.807, 2.05) is 72.8 Å². The van der Waals surface area contributed by atoms with E-state index < -0.39 is 11.6 Å². The van der Waals surface area contributed by atoms with Crippen LogP contribution >= 0.6 is 0 Å². The number of benzene rings is 3. The smallest absolute Gasteiger partial charge is 0.342 e. The Morgan fingerprint density at radius 1 is 0.853 bits per heavy atom. The second-order valence-electron chi connectivity index (χ2n) is 9.26. The maximum Gasteiger partial charge on any atom is 0.342 e. The molecule has 0 spiro atoms. The molecule has 176 valence electrons. The van der Waals surface area contributed by atoms with Crippen molar-refractivity contribution in [3.05, 3.63) is 120 Å². The average Bonchev–Trinajstić information content (AvgIpc) is 2.89. The normalized spacial score (nSPS) is 20.0. The van der Waals surface area contributed by atoms with Crippen molar-refractivity contribution in [2.75, 3.05) is 0 Å². The molecule has 0 radical (unpaired) electrons. The van der Waals surface area contributed by atoms with Crippen molar-refractivity contribution >= 4 is 5.97 Å². The summed E-state index contributed by atoms with van der Waals surface area (Å²) < 4.78 is 6.07. The van der Waals surface area contributed by atoms with Crippen molar-refractivity contribution in [3.8, 4) is 0 Å². The fraction of sp³-hybridized carbons (Fsp3) is 0.323. The molecule has 0 aromatic heterocycles. The number of carbonyl (C=O) groups excluding carboxylic acids is 1. The highest BCUT2D eigenvalue weighted by Crippen LogP contribution is 2.36. The first-order valence-corrected chi connectivity index (χ1v) is 12.4. The molecule has 4 rings (SSSR count). The first-order chi connectivity index (χ1) is 16.6. The third kappa shape index (κ3) is 6.45. The lowest BCUT2D eigenvalue weighted by Gasteiger charge is -2.34. The third-order valence-corrected chi connectivity index (χ3v) is 6.69. The molecular formula is C31H34O3. The molecule has 3 heteroatoms. The minimum Gasteiger partial charge on any atom is -0.459 e. The van der Waals surface area contributed by atoms with E-state index >= 15 is 0 Å². The van der Waals surface area contributed by atoms with Gasteiger partial charge in [-0.3, -0.25) is 0 Å².